The average Bonchev–Trinajstić information content (AvgIpc) is 2.53. The predicted octanol–water partition coefficient (Wildman–Crippen LogP) is 1.39. The number of anilines is 1. The Bertz CT molecular complexity index is 422. The van der Waals surface area contributed by atoms with Crippen LogP contribution in [-0.4, -0.2) is 34.3 Å². The number of hydrogen-bond donors (Lipinski definition) is 1. The van der Waals surface area contributed by atoms with Crippen molar-refractivity contribution in [3.63, 3.8) is 0 Å². The summed E-state index contributed by atoms with van der Waals surface area (Å²) in [5, 5.41) is 9.90. The molecule has 1 saturated heterocycles. The normalized spacial score (nSPS) is 23.1. The molecular weight excluding hydrogens is 221 g/mol. The van der Waals surface area contributed by atoms with Gasteiger partial charge in [0.05, 0.1) is 11.8 Å². The van der Waals surface area contributed by atoms with Crippen LogP contribution < -0.4 is 4.90 Å². The summed E-state index contributed by atoms with van der Waals surface area (Å²) in [6.07, 6.45) is 1.47. The zero-order valence-corrected chi connectivity index (χ0v) is 10.4. The third-order valence-electron chi connectivity index (χ3n) is 3.37. The number of hydrogen-bond acceptors (Lipinski definition) is 4. The Morgan fingerprint density at radius 2 is 2.24 bits per heavy atom. The minimum Gasteiger partial charge on any atom is -0.391 e. The van der Waals surface area contributed by atoms with E-state index in [1.54, 1.807) is 4.90 Å². The van der Waals surface area contributed by atoms with Crippen LogP contribution in [0, 0.1) is 11.2 Å². The summed E-state index contributed by atoms with van der Waals surface area (Å²) >= 11 is 0. The predicted molar refractivity (Wildman–Crippen MR) is 63.4 cm³/mol. The zero-order chi connectivity index (χ0) is 12.6. The van der Waals surface area contributed by atoms with Gasteiger partial charge in [0.2, 0.25) is 0 Å². The molecule has 0 radical (unpaired) electrons. The van der Waals surface area contributed by atoms with Gasteiger partial charge >= 0.3 is 0 Å². The van der Waals surface area contributed by atoms with Crippen molar-refractivity contribution in [3.8, 4) is 0 Å². The molecule has 1 aliphatic heterocycles. The van der Waals surface area contributed by atoms with Crippen LogP contribution in [0.4, 0.5) is 10.2 Å². The van der Waals surface area contributed by atoms with Crippen molar-refractivity contribution in [2.45, 2.75) is 33.3 Å². The molecule has 1 fully saturated rings. The van der Waals surface area contributed by atoms with Gasteiger partial charge in [-0.2, -0.15) is 0 Å². The Morgan fingerprint density at radius 3 is 2.76 bits per heavy atom. The molecule has 2 rings (SSSR count). The second-order valence-electron chi connectivity index (χ2n) is 5.20. The lowest BCUT2D eigenvalue weighted by Gasteiger charge is -2.21. The van der Waals surface area contributed by atoms with E-state index in [0.717, 1.165) is 0 Å². The summed E-state index contributed by atoms with van der Waals surface area (Å²) in [5.74, 6) is -0.0543. The molecule has 0 aromatic carbocycles. The number of aliphatic hydroxyl groups is 1. The van der Waals surface area contributed by atoms with Crippen LogP contribution in [0.15, 0.2) is 6.33 Å². The van der Waals surface area contributed by atoms with Crippen molar-refractivity contribution in [1.82, 2.24) is 9.97 Å². The van der Waals surface area contributed by atoms with Gasteiger partial charge in [-0.15, -0.1) is 0 Å². The van der Waals surface area contributed by atoms with Gasteiger partial charge in [-0.3, -0.25) is 0 Å². The fraction of sp³-hybridized carbons (Fsp3) is 0.667. The van der Waals surface area contributed by atoms with Gasteiger partial charge in [0, 0.05) is 18.5 Å². The summed E-state index contributed by atoms with van der Waals surface area (Å²) < 4.78 is 14.1. The van der Waals surface area contributed by atoms with Crippen molar-refractivity contribution in [2.24, 2.45) is 5.41 Å². The molecule has 1 N–H and O–H groups in total. The third-order valence-corrected chi connectivity index (χ3v) is 3.37. The van der Waals surface area contributed by atoms with E-state index >= 15 is 0 Å². The minimum absolute atomic E-state index is 0.232. The summed E-state index contributed by atoms with van der Waals surface area (Å²) in [6, 6.07) is 0. The van der Waals surface area contributed by atoms with E-state index in [9.17, 15) is 9.50 Å². The first-order valence-electron chi connectivity index (χ1n) is 5.88. The second kappa shape index (κ2) is 4.22. The van der Waals surface area contributed by atoms with Crippen LogP contribution >= 0.6 is 0 Å². The van der Waals surface area contributed by atoms with Gasteiger partial charge in [-0.25, -0.2) is 14.4 Å². The molecule has 17 heavy (non-hydrogen) atoms. The van der Waals surface area contributed by atoms with Crippen LogP contribution in [-0.2, 0) is 6.42 Å². The molecule has 0 amide bonds. The topological polar surface area (TPSA) is 49.2 Å². The molecule has 94 valence electrons. The van der Waals surface area contributed by atoms with Crippen LogP contribution in [0.2, 0.25) is 0 Å². The van der Waals surface area contributed by atoms with E-state index in [2.05, 4.69) is 9.97 Å². The van der Waals surface area contributed by atoms with Gasteiger partial charge in [0.25, 0.3) is 0 Å². The average molecular weight is 239 g/mol. The van der Waals surface area contributed by atoms with Gasteiger partial charge in [0.1, 0.15) is 6.33 Å². The smallest absolute Gasteiger partial charge is 0.187 e. The quantitative estimate of drug-likeness (QED) is 0.847. The maximum absolute atomic E-state index is 14.1. The Balaban J connectivity index is 2.31. The van der Waals surface area contributed by atoms with Crippen molar-refractivity contribution in [1.29, 1.82) is 0 Å². The first-order valence-corrected chi connectivity index (χ1v) is 5.88. The molecule has 0 bridgehead atoms. The van der Waals surface area contributed by atoms with Gasteiger partial charge in [-0.1, -0.05) is 20.8 Å². The molecule has 1 aliphatic rings. The first kappa shape index (κ1) is 12.2. The summed E-state index contributed by atoms with van der Waals surface area (Å²) in [5.41, 5.74) is 0.193. The number of nitrogens with zero attached hydrogens (tertiary/aromatic N) is 3. The maximum atomic E-state index is 14.1. The summed E-state index contributed by atoms with van der Waals surface area (Å²) in [7, 11) is 0. The highest BCUT2D eigenvalue weighted by Gasteiger charge is 2.39. The van der Waals surface area contributed by atoms with E-state index in [-0.39, 0.29) is 11.2 Å². The Morgan fingerprint density at radius 1 is 1.53 bits per heavy atom. The summed E-state index contributed by atoms with van der Waals surface area (Å²) in [6.45, 7) is 6.82. The number of aliphatic hydroxyl groups excluding tert-OH is 1. The first-order chi connectivity index (χ1) is 7.95. The number of rotatable bonds is 2. The van der Waals surface area contributed by atoms with Crippen molar-refractivity contribution >= 4 is 5.82 Å². The van der Waals surface area contributed by atoms with Crippen molar-refractivity contribution in [2.75, 3.05) is 18.0 Å². The fourth-order valence-electron chi connectivity index (χ4n) is 2.14. The van der Waals surface area contributed by atoms with E-state index in [1.165, 1.54) is 6.33 Å². The summed E-state index contributed by atoms with van der Waals surface area (Å²) in [4.78, 5) is 9.70. The lowest BCUT2D eigenvalue weighted by atomic mass is 9.90. The lowest BCUT2D eigenvalue weighted by Crippen LogP contribution is -2.26. The molecule has 1 aromatic heterocycles. The molecule has 5 heteroatoms. The van der Waals surface area contributed by atoms with Crippen LogP contribution in [0.5, 0.6) is 0 Å². The molecule has 0 spiro atoms. The number of aryl methyl sites for hydroxylation is 1. The maximum Gasteiger partial charge on any atom is 0.187 e. The molecular formula is C12H18FN3O. The largest absolute Gasteiger partial charge is 0.391 e. The van der Waals surface area contributed by atoms with E-state index in [0.29, 0.717) is 31.0 Å². The van der Waals surface area contributed by atoms with Crippen molar-refractivity contribution < 1.29 is 9.50 Å². The second-order valence-corrected chi connectivity index (χ2v) is 5.20. The molecule has 1 atom stereocenters. The van der Waals surface area contributed by atoms with Crippen LogP contribution in [0.1, 0.15) is 26.5 Å². The highest BCUT2D eigenvalue weighted by atomic mass is 19.1. The minimum atomic E-state index is -0.457. The number of halogens is 1. The Labute approximate surface area is 101 Å². The molecule has 4 nitrogen and oxygen atoms in total. The van der Waals surface area contributed by atoms with E-state index in [4.69, 9.17) is 0 Å². The highest BCUT2D eigenvalue weighted by molar-refractivity contribution is 5.43. The van der Waals surface area contributed by atoms with E-state index in [1.807, 2.05) is 20.8 Å². The van der Waals surface area contributed by atoms with Crippen LogP contribution in [0.3, 0.4) is 0 Å². The monoisotopic (exact) mass is 239 g/mol. The van der Waals surface area contributed by atoms with E-state index < -0.39 is 6.10 Å². The molecule has 2 heterocycles. The van der Waals surface area contributed by atoms with Crippen molar-refractivity contribution in [3.05, 3.63) is 17.8 Å². The number of aromatic nitrogens is 2. The molecule has 1 aromatic rings. The molecule has 0 aliphatic carbocycles. The zero-order valence-electron chi connectivity index (χ0n) is 10.4. The van der Waals surface area contributed by atoms with Gasteiger partial charge in [-0.05, 0) is 6.42 Å². The standard InChI is InChI=1S/C12H18FN3O/c1-4-8-10(13)11(15-7-14-8)16-5-9(17)12(2,3)6-16/h7,9,17H,4-6H2,1-3H3/t9-/m0/s1. The molecule has 0 saturated carbocycles. The molecule has 0 unspecified atom stereocenters. The fourth-order valence-corrected chi connectivity index (χ4v) is 2.14. The van der Waals surface area contributed by atoms with Gasteiger partial charge in [0.15, 0.2) is 11.6 Å². The third kappa shape index (κ3) is 2.11. The van der Waals surface area contributed by atoms with Crippen LogP contribution in [0.25, 0.3) is 0 Å². The van der Waals surface area contributed by atoms with Gasteiger partial charge < -0.3 is 10.0 Å². The number of β-amino-alcohol motifs (C(OH)–C–C–N with tert-alkyl or cyclic N) is 1. The Hall–Kier alpha value is -1.23. The SMILES string of the molecule is CCc1ncnc(N2C[C@H](O)C(C)(C)C2)c1F. The lowest BCUT2D eigenvalue weighted by molar-refractivity contribution is 0.0964. The highest BCUT2D eigenvalue weighted by Crippen LogP contribution is 2.33. The Kier molecular flexibility index (Phi) is 3.03.